The molecule has 0 saturated carbocycles. The lowest BCUT2D eigenvalue weighted by Crippen LogP contribution is -2.35. The number of carbonyl (C=O) groups is 1. The summed E-state index contributed by atoms with van der Waals surface area (Å²) in [5.41, 5.74) is 3.84. The zero-order valence-corrected chi connectivity index (χ0v) is 16.0. The fourth-order valence-corrected chi connectivity index (χ4v) is 2.77. The van der Waals surface area contributed by atoms with Gasteiger partial charge in [-0.1, -0.05) is 29.8 Å². The number of nitrogens with one attached hydrogen (secondary N) is 1. The first kappa shape index (κ1) is 19.7. The summed E-state index contributed by atoms with van der Waals surface area (Å²) in [5.74, 6) is -0.0421. The predicted octanol–water partition coefficient (Wildman–Crippen LogP) is 1.80. The third-order valence-electron chi connectivity index (χ3n) is 4.33. The maximum atomic E-state index is 12.7. The average molecular weight is 381 g/mol. The molecule has 2 atom stereocenters. The van der Waals surface area contributed by atoms with Crippen LogP contribution in [0.5, 0.6) is 0 Å². The lowest BCUT2D eigenvalue weighted by molar-refractivity contribution is 0.0922. The molecule has 28 heavy (non-hydrogen) atoms. The van der Waals surface area contributed by atoms with Gasteiger partial charge in [-0.3, -0.25) is 4.79 Å². The molecule has 1 heterocycles. The summed E-state index contributed by atoms with van der Waals surface area (Å²) in [4.78, 5) is 12.7. The van der Waals surface area contributed by atoms with E-state index in [1.54, 1.807) is 26.0 Å². The van der Waals surface area contributed by atoms with Gasteiger partial charge in [-0.05, 0) is 60.5 Å². The average Bonchev–Trinajstić information content (AvgIpc) is 3.18. The van der Waals surface area contributed by atoms with Crippen LogP contribution in [0, 0.1) is 6.92 Å². The van der Waals surface area contributed by atoms with Gasteiger partial charge >= 0.3 is 0 Å². The molecule has 3 rings (SSSR count). The third-order valence-corrected chi connectivity index (χ3v) is 4.33. The molecule has 0 unspecified atom stereocenters. The van der Waals surface area contributed by atoms with Gasteiger partial charge in [0.1, 0.15) is 6.10 Å². The fraction of sp³-hybridized carbons (Fsp3) is 0.300. The molecule has 2 aromatic carbocycles. The molecule has 3 N–H and O–H groups in total. The maximum Gasteiger partial charge on any atom is 0.251 e. The molecule has 3 aromatic rings. The van der Waals surface area contributed by atoms with Crippen molar-refractivity contribution in [1.82, 2.24) is 25.5 Å². The van der Waals surface area contributed by atoms with E-state index < -0.39 is 6.10 Å². The molecular formula is C20H23N5O3. The van der Waals surface area contributed by atoms with Crippen molar-refractivity contribution < 1.29 is 15.0 Å². The minimum Gasteiger partial charge on any atom is -0.394 e. The van der Waals surface area contributed by atoms with Crippen LogP contribution in [0.2, 0.25) is 0 Å². The SMILES string of the molecule is Cc1ccc(-c2cc(C(=O)N[C@@H](C)CO)cc(-n3nnnc3[C@H](C)O)c2)cc1. The topological polar surface area (TPSA) is 113 Å². The Labute approximate surface area is 162 Å². The summed E-state index contributed by atoms with van der Waals surface area (Å²) >= 11 is 0. The van der Waals surface area contributed by atoms with Crippen LogP contribution in [0.3, 0.4) is 0 Å². The van der Waals surface area contributed by atoms with Crippen molar-refractivity contribution in [3.05, 3.63) is 59.4 Å². The van der Waals surface area contributed by atoms with Crippen LogP contribution in [0.25, 0.3) is 16.8 Å². The van der Waals surface area contributed by atoms with Gasteiger partial charge in [0.25, 0.3) is 5.91 Å². The highest BCUT2D eigenvalue weighted by atomic mass is 16.3. The number of aliphatic hydroxyl groups is 2. The van der Waals surface area contributed by atoms with Crippen molar-refractivity contribution in [2.75, 3.05) is 6.61 Å². The predicted molar refractivity (Wildman–Crippen MR) is 104 cm³/mol. The second-order valence-corrected chi connectivity index (χ2v) is 6.82. The molecule has 0 fully saturated rings. The van der Waals surface area contributed by atoms with Crippen molar-refractivity contribution in [2.24, 2.45) is 0 Å². The molecule has 8 nitrogen and oxygen atoms in total. The highest BCUT2D eigenvalue weighted by molar-refractivity contribution is 5.96. The summed E-state index contributed by atoms with van der Waals surface area (Å²) in [6, 6.07) is 12.9. The number of rotatable bonds is 6. The number of aliphatic hydroxyl groups excluding tert-OH is 2. The number of carbonyl (C=O) groups excluding carboxylic acids is 1. The smallest absolute Gasteiger partial charge is 0.251 e. The quantitative estimate of drug-likeness (QED) is 0.600. The van der Waals surface area contributed by atoms with Gasteiger partial charge in [-0.25, -0.2) is 0 Å². The second-order valence-electron chi connectivity index (χ2n) is 6.82. The van der Waals surface area contributed by atoms with Gasteiger partial charge in [0.15, 0.2) is 5.82 Å². The van der Waals surface area contributed by atoms with E-state index >= 15 is 0 Å². The molecule has 1 amide bonds. The highest BCUT2D eigenvalue weighted by Crippen LogP contribution is 2.26. The van der Waals surface area contributed by atoms with Crippen molar-refractivity contribution >= 4 is 5.91 Å². The largest absolute Gasteiger partial charge is 0.394 e. The van der Waals surface area contributed by atoms with Gasteiger partial charge in [-0.2, -0.15) is 4.68 Å². The Morgan fingerprint density at radius 3 is 2.50 bits per heavy atom. The molecule has 0 aliphatic carbocycles. The Hall–Kier alpha value is -3.10. The van der Waals surface area contributed by atoms with Crippen LogP contribution in [0.4, 0.5) is 0 Å². The Morgan fingerprint density at radius 2 is 1.86 bits per heavy atom. The molecule has 0 bridgehead atoms. The van der Waals surface area contributed by atoms with E-state index in [0.717, 1.165) is 16.7 Å². The minimum absolute atomic E-state index is 0.157. The Morgan fingerprint density at radius 1 is 1.14 bits per heavy atom. The van der Waals surface area contributed by atoms with Crippen molar-refractivity contribution in [1.29, 1.82) is 0 Å². The number of amides is 1. The van der Waals surface area contributed by atoms with E-state index in [4.69, 9.17) is 0 Å². The number of benzene rings is 2. The molecule has 0 aliphatic rings. The standard InChI is InChI=1S/C20H23N5O3/c1-12-4-6-15(7-5-12)16-8-17(20(28)21-13(2)11-26)10-18(9-16)25-19(14(3)27)22-23-24-25/h4-10,13-14,26-27H,11H2,1-3H3,(H,21,28)/t13-,14-/m0/s1. The second kappa shape index (κ2) is 8.28. The van der Waals surface area contributed by atoms with Gasteiger partial charge in [0, 0.05) is 11.6 Å². The number of nitrogens with zero attached hydrogens (tertiary/aromatic N) is 4. The summed E-state index contributed by atoms with van der Waals surface area (Å²) in [6.45, 7) is 5.14. The normalized spacial score (nSPS) is 13.2. The number of tetrazole rings is 1. The molecule has 1 aromatic heterocycles. The number of aromatic nitrogens is 4. The van der Waals surface area contributed by atoms with E-state index in [9.17, 15) is 15.0 Å². The van der Waals surface area contributed by atoms with E-state index in [2.05, 4.69) is 20.8 Å². The number of aryl methyl sites for hydroxylation is 1. The zero-order valence-electron chi connectivity index (χ0n) is 16.0. The highest BCUT2D eigenvalue weighted by Gasteiger charge is 2.17. The van der Waals surface area contributed by atoms with Crippen molar-refractivity contribution in [3.8, 4) is 16.8 Å². The monoisotopic (exact) mass is 381 g/mol. The molecule has 0 radical (unpaired) electrons. The number of hydrogen-bond donors (Lipinski definition) is 3. The van der Waals surface area contributed by atoms with Crippen molar-refractivity contribution in [2.45, 2.75) is 32.9 Å². The summed E-state index contributed by atoms with van der Waals surface area (Å²) in [5, 5.41) is 33.4. The van der Waals surface area contributed by atoms with Gasteiger partial charge in [-0.15, -0.1) is 5.10 Å². The molecule has 8 heteroatoms. The first-order valence-corrected chi connectivity index (χ1v) is 8.99. The molecule has 0 saturated heterocycles. The van der Waals surface area contributed by atoms with E-state index in [1.165, 1.54) is 4.68 Å². The van der Waals surface area contributed by atoms with E-state index in [0.29, 0.717) is 11.3 Å². The van der Waals surface area contributed by atoms with Crippen LogP contribution in [0.1, 0.15) is 41.7 Å². The first-order chi connectivity index (χ1) is 13.4. The first-order valence-electron chi connectivity index (χ1n) is 8.99. The summed E-state index contributed by atoms with van der Waals surface area (Å²) in [7, 11) is 0. The molecule has 0 aliphatic heterocycles. The Kier molecular flexibility index (Phi) is 5.81. The Bertz CT molecular complexity index is 966. The molecular weight excluding hydrogens is 358 g/mol. The van der Waals surface area contributed by atoms with Gasteiger partial charge in [0.2, 0.25) is 0 Å². The lowest BCUT2D eigenvalue weighted by atomic mass is 10.0. The van der Waals surface area contributed by atoms with Crippen LogP contribution in [-0.4, -0.2) is 49.0 Å². The zero-order chi connectivity index (χ0) is 20.3. The van der Waals surface area contributed by atoms with Gasteiger partial charge < -0.3 is 15.5 Å². The lowest BCUT2D eigenvalue weighted by Gasteiger charge is -2.14. The molecule has 146 valence electrons. The Balaban J connectivity index is 2.12. The molecule has 0 spiro atoms. The summed E-state index contributed by atoms with van der Waals surface area (Å²) < 4.78 is 1.41. The van der Waals surface area contributed by atoms with Crippen LogP contribution >= 0.6 is 0 Å². The van der Waals surface area contributed by atoms with Crippen molar-refractivity contribution in [3.63, 3.8) is 0 Å². The van der Waals surface area contributed by atoms with Crippen LogP contribution < -0.4 is 5.32 Å². The third kappa shape index (κ3) is 4.24. The maximum absolute atomic E-state index is 12.7. The minimum atomic E-state index is -0.871. The van der Waals surface area contributed by atoms with E-state index in [-0.39, 0.29) is 24.4 Å². The number of hydrogen-bond acceptors (Lipinski definition) is 6. The fourth-order valence-electron chi connectivity index (χ4n) is 2.77. The van der Waals surface area contributed by atoms with E-state index in [1.807, 2.05) is 37.3 Å². The van der Waals surface area contributed by atoms with Crippen LogP contribution in [-0.2, 0) is 0 Å². The van der Waals surface area contributed by atoms with Gasteiger partial charge in [0.05, 0.1) is 12.3 Å². The summed E-state index contributed by atoms with van der Waals surface area (Å²) in [6.07, 6.45) is -0.871. The van der Waals surface area contributed by atoms with Crippen LogP contribution in [0.15, 0.2) is 42.5 Å².